The molecule has 108 valence electrons. The van der Waals surface area contributed by atoms with Gasteiger partial charge in [-0.3, -0.25) is 0 Å². The summed E-state index contributed by atoms with van der Waals surface area (Å²) in [5.41, 5.74) is 2.35. The first-order chi connectivity index (χ1) is 9.63. The summed E-state index contributed by atoms with van der Waals surface area (Å²) in [7, 11) is 0. The van der Waals surface area contributed by atoms with Crippen molar-refractivity contribution in [2.24, 2.45) is 0 Å². The first kappa shape index (κ1) is 15.5. The first-order valence-electron chi connectivity index (χ1n) is 7.11. The molecule has 0 aliphatic carbocycles. The number of rotatable bonds is 6. The normalized spacial score (nSPS) is 12.6. The van der Waals surface area contributed by atoms with Crippen LogP contribution in [0.5, 0.6) is 0 Å². The van der Waals surface area contributed by atoms with Crippen molar-refractivity contribution < 1.29 is 0 Å². The number of thiazole rings is 1. The number of aromatic nitrogens is 1. The van der Waals surface area contributed by atoms with Crippen LogP contribution in [0.25, 0.3) is 10.6 Å². The van der Waals surface area contributed by atoms with Crippen molar-refractivity contribution in [1.29, 1.82) is 0 Å². The van der Waals surface area contributed by atoms with Gasteiger partial charge in [-0.25, -0.2) is 4.98 Å². The van der Waals surface area contributed by atoms with E-state index in [0.717, 1.165) is 35.0 Å². The highest BCUT2D eigenvalue weighted by Crippen LogP contribution is 2.29. The molecular weight excluding hydrogens is 288 g/mol. The molecule has 1 unspecified atom stereocenters. The Morgan fingerprint density at radius 3 is 2.55 bits per heavy atom. The number of nitrogens with one attached hydrogen (secondary N) is 1. The third-order valence-corrected chi connectivity index (χ3v) is 4.83. The lowest BCUT2D eigenvalue weighted by Crippen LogP contribution is -2.24. The summed E-state index contributed by atoms with van der Waals surface area (Å²) < 4.78 is 0. The minimum Gasteiger partial charge on any atom is -0.309 e. The molecule has 2 rings (SSSR count). The molecule has 1 heterocycles. The summed E-state index contributed by atoms with van der Waals surface area (Å²) in [6.07, 6.45) is 2.12. The molecule has 1 aromatic carbocycles. The van der Waals surface area contributed by atoms with E-state index < -0.39 is 0 Å². The van der Waals surface area contributed by atoms with Crippen LogP contribution in [0.4, 0.5) is 0 Å². The maximum atomic E-state index is 5.94. The molecule has 1 atom stereocenters. The van der Waals surface area contributed by atoms with Crippen molar-refractivity contribution in [2.45, 2.75) is 46.2 Å². The smallest absolute Gasteiger partial charge is 0.123 e. The summed E-state index contributed by atoms with van der Waals surface area (Å²) in [5.74, 6) is 0. The Bertz CT molecular complexity index is 548. The number of aryl methyl sites for hydroxylation is 1. The fraction of sp³-hybridized carbons (Fsp3) is 0.438. The lowest BCUT2D eigenvalue weighted by molar-refractivity contribution is 0.535. The average Bonchev–Trinajstić information content (AvgIpc) is 2.88. The SMILES string of the molecule is CCc1nc(-c2ccc(Cl)cc2)sc1CNC(C)CC. The zero-order valence-corrected chi connectivity index (χ0v) is 13.8. The Kier molecular flexibility index (Phi) is 5.58. The van der Waals surface area contributed by atoms with Crippen LogP contribution < -0.4 is 5.32 Å². The molecule has 2 nitrogen and oxygen atoms in total. The van der Waals surface area contributed by atoms with Crippen molar-refractivity contribution in [3.8, 4) is 10.6 Å². The second-order valence-electron chi connectivity index (χ2n) is 4.94. The van der Waals surface area contributed by atoms with E-state index in [1.54, 1.807) is 11.3 Å². The van der Waals surface area contributed by atoms with Crippen molar-refractivity contribution in [3.05, 3.63) is 39.9 Å². The molecule has 1 aromatic heterocycles. The molecular formula is C16H21ClN2S. The Hall–Kier alpha value is -0.900. The first-order valence-corrected chi connectivity index (χ1v) is 8.31. The minimum absolute atomic E-state index is 0.542. The lowest BCUT2D eigenvalue weighted by atomic mass is 10.2. The van der Waals surface area contributed by atoms with Crippen LogP contribution in [0.15, 0.2) is 24.3 Å². The van der Waals surface area contributed by atoms with Gasteiger partial charge in [0.2, 0.25) is 0 Å². The summed E-state index contributed by atoms with van der Waals surface area (Å²) in [6, 6.07) is 8.45. The molecule has 0 spiro atoms. The molecule has 1 N–H and O–H groups in total. The molecule has 0 fully saturated rings. The molecule has 4 heteroatoms. The Balaban J connectivity index is 2.19. The maximum absolute atomic E-state index is 5.94. The van der Waals surface area contributed by atoms with Gasteiger partial charge < -0.3 is 5.32 Å². The van der Waals surface area contributed by atoms with Crippen molar-refractivity contribution >= 4 is 22.9 Å². The van der Waals surface area contributed by atoms with E-state index in [0.29, 0.717) is 6.04 Å². The lowest BCUT2D eigenvalue weighted by Gasteiger charge is -2.10. The Morgan fingerprint density at radius 1 is 1.25 bits per heavy atom. The van der Waals surface area contributed by atoms with E-state index in [-0.39, 0.29) is 0 Å². The number of benzene rings is 1. The minimum atomic E-state index is 0.542. The van der Waals surface area contributed by atoms with Gasteiger partial charge in [0.25, 0.3) is 0 Å². The third-order valence-electron chi connectivity index (χ3n) is 3.43. The Morgan fingerprint density at radius 2 is 1.95 bits per heavy atom. The van der Waals surface area contributed by atoms with Crippen LogP contribution in [0.1, 0.15) is 37.8 Å². The van der Waals surface area contributed by atoms with Gasteiger partial charge in [0.05, 0.1) is 5.69 Å². The molecule has 0 amide bonds. The van der Waals surface area contributed by atoms with Crippen molar-refractivity contribution in [3.63, 3.8) is 0 Å². The van der Waals surface area contributed by atoms with E-state index in [4.69, 9.17) is 16.6 Å². The second kappa shape index (κ2) is 7.21. The van der Waals surface area contributed by atoms with Crippen molar-refractivity contribution in [1.82, 2.24) is 10.3 Å². The van der Waals surface area contributed by atoms with E-state index >= 15 is 0 Å². The number of hydrogen-bond acceptors (Lipinski definition) is 3. The fourth-order valence-electron chi connectivity index (χ4n) is 1.92. The van der Waals surface area contributed by atoms with Gasteiger partial charge in [0.15, 0.2) is 0 Å². The number of nitrogens with zero attached hydrogens (tertiary/aromatic N) is 1. The average molecular weight is 309 g/mol. The van der Waals surface area contributed by atoms with Gasteiger partial charge in [-0.1, -0.05) is 37.6 Å². The topological polar surface area (TPSA) is 24.9 Å². The van der Waals surface area contributed by atoms with Gasteiger partial charge in [0, 0.05) is 28.0 Å². The standard InChI is InChI=1S/C16H21ClN2S/c1-4-11(3)18-10-15-14(5-2)19-16(20-15)12-6-8-13(17)9-7-12/h6-9,11,18H,4-5,10H2,1-3H3. The van der Waals surface area contributed by atoms with E-state index in [9.17, 15) is 0 Å². The van der Waals surface area contributed by atoms with Gasteiger partial charge >= 0.3 is 0 Å². The quantitative estimate of drug-likeness (QED) is 0.819. The van der Waals surface area contributed by atoms with Crippen LogP contribution >= 0.6 is 22.9 Å². The van der Waals surface area contributed by atoms with Gasteiger partial charge in [-0.05, 0) is 31.9 Å². The van der Waals surface area contributed by atoms with Crippen LogP contribution in [0.3, 0.4) is 0 Å². The predicted octanol–water partition coefficient (Wildman–Crippen LogP) is 4.91. The maximum Gasteiger partial charge on any atom is 0.123 e. The van der Waals surface area contributed by atoms with Gasteiger partial charge in [-0.15, -0.1) is 11.3 Å². The molecule has 0 bridgehead atoms. The van der Waals surface area contributed by atoms with Crippen LogP contribution in [-0.2, 0) is 13.0 Å². The highest BCUT2D eigenvalue weighted by atomic mass is 35.5. The highest BCUT2D eigenvalue weighted by molar-refractivity contribution is 7.15. The van der Waals surface area contributed by atoms with E-state index in [1.165, 1.54) is 10.6 Å². The van der Waals surface area contributed by atoms with Gasteiger partial charge in [-0.2, -0.15) is 0 Å². The third kappa shape index (κ3) is 3.81. The zero-order chi connectivity index (χ0) is 14.5. The summed E-state index contributed by atoms with van der Waals surface area (Å²) >= 11 is 7.72. The number of hydrogen-bond donors (Lipinski definition) is 1. The monoisotopic (exact) mass is 308 g/mol. The molecule has 0 radical (unpaired) electrons. The number of halogens is 1. The molecule has 0 aliphatic heterocycles. The Labute approximate surface area is 130 Å². The summed E-state index contributed by atoms with van der Waals surface area (Å²) in [6.45, 7) is 7.48. The molecule has 20 heavy (non-hydrogen) atoms. The summed E-state index contributed by atoms with van der Waals surface area (Å²) in [5, 5.41) is 5.39. The van der Waals surface area contributed by atoms with E-state index in [2.05, 4.69) is 26.1 Å². The van der Waals surface area contributed by atoms with Gasteiger partial charge in [0.1, 0.15) is 5.01 Å². The second-order valence-corrected chi connectivity index (χ2v) is 6.46. The predicted molar refractivity (Wildman–Crippen MR) is 88.5 cm³/mol. The van der Waals surface area contributed by atoms with Crippen LogP contribution in [0.2, 0.25) is 5.02 Å². The zero-order valence-electron chi connectivity index (χ0n) is 12.2. The largest absolute Gasteiger partial charge is 0.309 e. The molecule has 0 aliphatic rings. The molecule has 2 aromatic rings. The summed E-state index contributed by atoms with van der Waals surface area (Å²) in [4.78, 5) is 6.11. The molecule has 0 saturated carbocycles. The van der Waals surface area contributed by atoms with Crippen LogP contribution in [0, 0.1) is 0 Å². The fourth-order valence-corrected chi connectivity index (χ4v) is 3.16. The van der Waals surface area contributed by atoms with E-state index in [1.807, 2.05) is 24.3 Å². The molecule has 0 saturated heterocycles. The highest BCUT2D eigenvalue weighted by Gasteiger charge is 2.11. The van der Waals surface area contributed by atoms with Crippen LogP contribution in [-0.4, -0.2) is 11.0 Å². The van der Waals surface area contributed by atoms with Crippen molar-refractivity contribution in [2.75, 3.05) is 0 Å².